The Hall–Kier alpha value is -0.610. The number of carbonyl (C=O) groups excluding carboxylic acids is 1. The molecule has 94 valence electrons. The van der Waals surface area contributed by atoms with Gasteiger partial charge in [0.25, 0.3) is 0 Å². The number of unbranched alkanes of at least 4 members (excludes halogenated alkanes) is 2. The summed E-state index contributed by atoms with van der Waals surface area (Å²) in [5, 5.41) is 12.4. The molecule has 4 N–H and O–H groups in total. The monoisotopic (exact) mass is 228 g/mol. The molecule has 0 aromatic heterocycles. The quantitative estimate of drug-likeness (QED) is 0.592. The molecule has 4 nitrogen and oxygen atoms in total. The number of amides is 1. The van der Waals surface area contributed by atoms with Crippen LogP contribution < -0.4 is 11.1 Å². The van der Waals surface area contributed by atoms with Crippen molar-refractivity contribution >= 4 is 5.91 Å². The minimum atomic E-state index is -0.155. The number of hydrogen-bond donors (Lipinski definition) is 3. The van der Waals surface area contributed by atoms with Crippen LogP contribution in [0.15, 0.2) is 0 Å². The van der Waals surface area contributed by atoms with Gasteiger partial charge in [0.2, 0.25) is 5.91 Å². The van der Waals surface area contributed by atoms with Crippen LogP contribution in [0.2, 0.25) is 0 Å². The molecule has 0 heterocycles. The van der Waals surface area contributed by atoms with Crippen LogP contribution in [0, 0.1) is 0 Å². The third kappa shape index (κ3) is 5.47. The van der Waals surface area contributed by atoms with Gasteiger partial charge in [-0.15, -0.1) is 0 Å². The van der Waals surface area contributed by atoms with Gasteiger partial charge in [-0.05, 0) is 45.1 Å². The van der Waals surface area contributed by atoms with E-state index in [0.29, 0.717) is 13.0 Å². The average molecular weight is 228 g/mol. The first-order chi connectivity index (χ1) is 7.72. The van der Waals surface area contributed by atoms with E-state index < -0.39 is 0 Å². The Morgan fingerprint density at radius 1 is 1.19 bits per heavy atom. The van der Waals surface area contributed by atoms with Crippen molar-refractivity contribution in [3.05, 3.63) is 0 Å². The number of nitrogens with two attached hydrogens (primary N) is 1. The molecule has 1 fully saturated rings. The number of aliphatic hydroxyl groups excluding tert-OH is 1. The maximum Gasteiger partial charge on any atom is 0.220 e. The SMILES string of the molecule is NCCCCCC(=O)NC1CCC(O)CC1. The minimum Gasteiger partial charge on any atom is -0.393 e. The third-order valence-corrected chi connectivity index (χ3v) is 3.17. The smallest absolute Gasteiger partial charge is 0.220 e. The van der Waals surface area contributed by atoms with Crippen molar-refractivity contribution in [1.29, 1.82) is 0 Å². The lowest BCUT2D eigenvalue weighted by Gasteiger charge is -2.26. The second kappa shape index (κ2) is 7.63. The van der Waals surface area contributed by atoms with Crippen LogP contribution in [-0.4, -0.2) is 29.7 Å². The lowest BCUT2D eigenvalue weighted by Crippen LogP contribution is -2.38. The van der Waals surface area contributed by atoms with Gasteiger partial charge in [0, 0.05) is 12.5 Å². The first kappa shape index (κ1) is 13.5. The summed E-state index contributed by atoms with van der Waals surface area (Å²) in [7, 11) is 0. The number of carbonyl (C=O) groups is 1. The second-order valence-electron chi connectivity index (χ2n) is 4.67. The van der Waals surface area contributed by atoms with Crippen LogP contribution in [0.3, 0.4) is 0 Å². The standard InChI is InChI=1S/C12H24N2O2/c13-9-3-1-2-4-12(16)14-10-5-7-11(15)8-6-10/h10-11,15H,1-9,13H2,(H,14,16). The highest BCUT2D eigenvalue weighted by Gasteiger charge is 2.20. The Morgan fingerprint density at radius 2 is 1.88 bits per heavy atom. The lowest BCUT2D eigenvalue weighted by atomic mass is 9.93. The average Bonchev–Trinajstić information content (AvgIpc) is 2.28. The maximum atomic E-state index is 11.6. The summed E-state index contributed by atoms with van der Waals surface area (Å²) in [4.78, 5) is 11.6. The maximum absolute atomic E-state index is 11.6. The summed E-state index contributed by atoms with van der Waals surface area (Å²) in [5.41, 5.74) is 5.38. The molecular weight excluding hydrogens is 204 g/mol. The minimum absolute atomic E-state index is 0.151. The van der Waals surface area contributed by atoms with E-state index in [9.17, 15) is 9.90 Å². The van der Waals surface area contributed by atoms with Gasteiger partial charge in [-0.25, -0.2) is 0 Å². The summed E-state index contributed by atoms with van der Waals surface area (Å²) in [6, 6.07) is 0.283. The number of nitrogens with one attached hydrogen (secondary N) is 1. The number of rotatable bonds is 6. The highest BCUT2D eigenvalue weighted by Crippen LogP contribution is 2.18. The zero-order valence-corrected chi connectivity index (χ0v) is 9.95. The molecule has 0 aromatic rings. The van der Waals surface area contributed by atoms with E-state index in [1.165, 1.54) is 0 Å². The van der Waals surface area contributed by atoms with E-state index in [2.05, 4.69) is 5.32 Å². The molecule has 0 radical (unpaired) electrons. The van der Waals surface area contributed by atoms with Crippen molar-refractivity contribution < 1.29 is 9.90 Å². The first-order valence-corrected chi connectivity index (χ1v) is 6.40. The molecule has 0 bridgehead atoms. The van der Waals surface area contributed by atoms with E-state index in [1.54, 1.807) is 0 Å². The van der Waals surface area contributed by atoms with Gasteiger partial charge in [-0.1, -0.05) is 6.42 Å². The zero-order chi connectivity index (χ0) is 11.8. The van der Waals surface area contributed by atoms with Gasteiger partial charge in [0.15, 0.2) is 0 Å². The molecule has 1 saturated carbocycles. The molecule has 1 rings (SSSR count). The van der Waals surface area contributed by atoms with Crippen molar-refractivity contribution in [2.75, 3.05) is 6.54 Å². The summed E-state index contributed by atoms with van der Waals surface area (Å²) in [5.74, 6) is 0.151. The molecule has 4 heteroatoms. The van der Waals surface area contributed by atoms with Crippen molar-refractivity contribution in [1.82, 2.24) is 5.32 Å². The van der Waals surface area contributed by atoms with Gasteiger partial charge < -0.3 is 16.2 Å². The molecule has 16 heavy (non-hydrogen) atoms. The van der Waals surface area contributed by atoms with Crippen molar-refractivity contribution in [2.24, 2.45) is 5.73 Å². The highest BCUT2D eigenvalue weighted by molar-refractivity contribution is 5.76. The Balaban J connectivity index is 2.05. The third-order valence-electron chi connectivity index (χ3n) is 3.17. The fourth-order valence-corrected chi connectivity index (χ4v) is 2.13. The van der Waals surface area contributed by atoms with E-state index >= 15 is 0 Å². The summed E-state index contributed by atoms with van der Waals surface area (Å²) in [6.07, 6.45) is 6.88. The van der Waals surface area contributed by atoms with Gasteiger partial charge in [-0.2, -0.15) is 0 Å². The van der Waals surface area contributed by atoms with E-state index in [1.807, 2.05) is 0 Å². The molecule has 0 atom stereocenters. The normalized spacial score (nSPS) is 25.4. The lowest BCUT2D eigenvalue weighted by molar-refractivity contribution is -0.122. The van der Waals surface area contributed by atoms with Crippen LogP contribution in [0.1, 0.15) is 51.4 Å². The van der Waals surface area contributed by atoms with Crippen molar-refractivity contribution in [3.8, 4) is 0 Å². The molecule has 0 unspecified atom stereocenters. The van der Waals surface area contributed by atoms with Gasteiger partial charge in [-0.3, -0.25) is 4.79 Å². The summed E-state index contributed by atoms with van der Waals surface area (Å²) in [6.45, 7) is 0.710. The van der Waals surface area contributed by atoms with Crippen molar-refractivity contribution in [2.45, 2.75) is 63.5 Å². The van der Waals surface area contributed by atoms with Gasteiger partial charge in [0.1, 0.15) is 0 Å². The Kier molecular flexibility index (Phi) is 6.42. The highest BCUT2D eigenvalue weighted by atomic mass is 16.3. The molecule has 0 aromatic carbocycles. The predicted molar refractivity (Wildman–Crippen MR) is 63.9 cm³/mol. The Morgan fingerprint density at radius 3 is 2.50 bits per heavy atom. The molecule has 1 aliphatic carbocycles. The van der Waals surface area contributed by atoms with E-state index in [0.717, 1.165) is 44.9 Å². The predicted octanol–water partition coefficient (Wildman–Crippen LogP) is 0.925. The van der Waals surface area contributed by atoms with Gasteiger partial charge >= 0.3 is 0 Å². The summed E-state index contributed by atoms with van der Waals surface area (Å²) < 4.78 is 0. The topological polar surface area (TPSA) is 75.4 Å². The Labute approximate surface area is 97.6 Å². The molecule has 1 aliphatic rings. The van der Waals surface area contributed by atoms with Crippen LogP contribution in [-0.2, 0) is 4.79 Å². The van der Waals surface area contributed by atoms with Crippen molar-refractivity contribution in [3.63, 3.8) is 0 Å². The Bertz CT molecular complexity index is 201. The van der Waals surface area contributed by atoms with Gasteiger partial charge in [0.05, 0.1) is 6.10 Å². The van der Waals surface area contributed by atoms with Crippen LogP contribution in [0.4, 0.5) is 0 Å². The molecular formula is C12H24N2O2. The fraction of sp³-hybridized carbons (Fsp3) is 0.917. The van der Waals surface area contributed by atoms with Crippen LogP contribution >= 0.6 is 0 Å². The van der Waals surface area contributed by atoms with Crippen LogP contribution in [0.5, 0.6) is 0 Å². The van der Waals surface area contributed by atoms with E-state index in [-0.39, 0.29) is 18.1 Å². The molecule has 0 saturated heterocycles. The zero-order valence-electron chi connectivity index (χ0n) is 9.95. The number of hydrogen-bond acceptors (Lipinski definition) is 3. The van der Waals surface area contributed by atoms with E-state index in [4.69, 9.17) is 5.73 Å². The first-order valence-electron chi connectivity index (χ1n) is 6.40. The second-order valence-corrected chi connectivity index (χ2v) is 4.67. The van der Waals surface area contributed by atoms with Crippen LogP contribution in [0.25, 0.3) is 0 Å². The largest absolute Gasteiger partial charge is 0.393 e. The molecule has 1 amide bonds. The number of aliphatic hydroxyl groups is 1. The molecule has 0 aliphatic heterocycles. The fourth-order valence-electron chi connectivity index (χ4n) is 2.13. The summed E-state index contributed by atoms with van der Waals surface area (Å²) >= 11 is 0. The molecule has 0 spiro atoms.